The van der Waals surface area contributed by atoms with Gasteiger partial charge in [-0.15, -0.1) is 0 Å². The summed E-state index contributed by atoms with van der Waals surface area (Å²) in [6, 6.07) is 15.6. The van der Waals surface area contributed by atoms with Gasteiger partial charge in [-0.1, -0.05) is 41.4 Å². The molecule has 0 spiro atoms. The SMILES string of the molecule is O=C(Nc1ccc(S(=O)(=O)Nc2cccc(Cl)c2)cc1F)c1ccccc1Cl. The topological polar surface area (TPSA) is 75.3 Å². The molecule has 0 radical (unpaired) electrons. The van der Waals surface area contributed by atoms with Crippen LogP contribution in [0.1, 0.15) is 10.4 Å². The van der Waals surface area contributed by atoms with Gasteiger partial charge in [-0.05, 0) is 48.5 Å². The standard InChI is InChI=1S/C19H13Cl2FN2O3S/c20-12-4-3-5-13(10-12)24-28(26,27)14-8-9-18(17(22)11-14)23-19(25)15-6-1-2-7-16(15)21/h1-11,24H,(H,23,25). The maximum Gasteiger partial charge on any atom is 0.261 e. The molecule has 0 aliphatic rings. The Hall–Kier alpha value is -2.61. The molecule has 0 aliphatic heterocycles. The molecule has 0 atom stereocenters. The molecular weight excluding hydrogens is 426 g/mol. The van der Waals surface area contributed by atoms with E-state index in [0.29, 0.717) is 5.02 Å². The number of anilines is 2. The molecule has 0 heterocycles. The van der Waals surface area contributed by atoms with Crippen molar-refractivity contribution in [2.24, 2.45) is 0 Å². The van der Waals surface area contributed by atoms with E-state index in [-0.39, 0.29) is 26.9 Å². The first-order valence-corrected chi connectivity index (χ1v) is 10.1. The first kappa shape index (κ1) is 20.1. The van der Waals surface area contributed by atoms with E-state index in [1.165, 1.54) is 30.3 Å². The van der Waals surface area contributed by atoms with Crippen molar-refractivity contribution in [1.29, 1.82) is 0 Å². The molecule has 28 heavy (non-hydrogen) atoms. The number of hydrogen-bond donors (Lipinski definition) is 2. The van der Waals surface area contributed by atoms with Crippen LogP contribution < -0.4 is 10.0 Å². The van der Waals surface area contributed by atoms with Crippen molar-refractivity contribution in [2.75, 3.05) is 10.0 Å². The summed E-state index contributed by atoms with van der Waals surface area (Å²) in [6.07, 6.45) is 0. The molecule has 5 nitrogen and oxygen atoms in total. The van der Waals surface area contributed by atoms with Gasteiger partial charge in [-0.2, -0.15) is 0 Å². The molecule has 3 rings (SSSR count). The molecule has 0 aliphatic carbocycles. The van der Waals surface area contributed by atoms with E-state index < -0.39 is 21.7 Å². The number of amides is 1. The summed E-state index contributed by atoms with van der Waals surface area (Å²) in [5.41, 5.74) is 0.235. The summed E-state index contributed by atoms with van der Waals surface area (Å²) < 4.78 is 41.6. The van der Waals surface area contributed by atoms with Crippen molar-refractivity contribution in [1.82, 2.24) is 0 Å². The highest BCUT2D eigenvalue weighted by atomic mass is 35.5. The Morgan fingerprint density at radius 1 is 0.929 bits per heavy atom. The lowest BCUT2D eigenvalue weighted by Gasteiger charge is -2.11. The zero-order valence-corrected chi connectivity index (χ0v) is 16.4. The number of benzene rings is 3. The second kappa shape index (κ2) is 8.18. The minimum Gasteiger partial charge on any atom is -0.319 e. The zero-order valence-electron chi connectivity index (χ0n) is 14.1. The maximum atomic E-state index is 14.4. The number of rotatable bonds is 5. The van der Waals surface area contributed by atoms with E-state index in [1.807, 2.05) is 0 Å². The van der Waals surface area contributed by atoms with Crippen LogP contribution in [0.3, 0.4) is 0 Å². The van der Waals surface area contributed by atoms with Crippen LogP contribution in [0.15, 0.2) is 71.6 Å². The van der Waals surface area contributed by atoms with Gasteiger partial charge >= 0.3 is 0 Å². The molecule has 9 heteroatoms. The fourth-order valence-corrected chi connectivity index (χ4v) is 3.84. The molecule has 144 valence electrons. The predicted molar refractivity (Wildman–Crippen MR) is 108 cm³/mol. The van der Waals surface area contributed by atoms with Gasteiger partial charge in [0, 0.05) is 5.02 Å². The van der Waals surface area contributed by atoms with E-state index >= 15 is 0 Å². The van der Waals surface area contributed by atoms with Gasteiger partial charge in [0.25, 0.3) is 15.9 Å². The molecule has 0 saturated heterocycles. The monoisotopic (exact) mass is 438 g/mol. The Morgan fingerprint density at radius 2 is 1.68 bits per heavy atom. The van der Waals surface area contributed by atoms with Gasteiger partial charge in [0.1, 0.15) is 5.82 Å². The van der Waals surface area contributed by atoms with E-state index in [4.69, 9.17) is 23.2 Å². The Balaban J connectivity index is 1.82. The Kier molecular flexibility index (Phi) is 5.88. The fraction of sp³-hybridized carbons (Fsp3) is 0. The van der Waals surface area contributed by atoms with Crippen LogP contribution in [0.4, 0.5) is 15.8 Å². The largest absolute Gasteiger partial charge is 0.319 e. The van der Waals surface area contributed by atoms with Crippen LogP contribution in [0.2, 0.25) is 10.0 Å². The Morgan fingerprint density at radius 3 is 2.36 bits per heavy atom. The summed E-state index contributed by atoms with van der Waals surface area (Å²) in [5, 5.41) is 2.94. The van der Waals surface area contributed by atoms with E-state index in [1.54, 1.807) is 24.3 Å². The van der Waals surface area contributed by atoms with E-state index in [9.17, 15) is 17.6 Å². The highest BCUT2D eigenvalue weighted by molar-refractivity contribution is 7.92. The van der Waals surface area contributed by atoms with Crippen LogP contribution in [-0.4, -0.2) is 14.3 Å². The lowest BCUT2D eigenvalue weighted by Crippen LogP contribution is -2.15. The highest BCUT2D eigenvalue weighted by Gasteiger charge is 2.18. The van der Waals surface area contributed by atoms with Gasteiger partial charge in [0.05, 0.1) is 26.9 Å². The lowest BCUT2D eigenvalue weighted by atomic mass is 10.2. The second-order valence-corrected chi connectivity index (χ2v) is 8.22. The molecule has 0 fully saturated rings. The first-order valence-electron chi connectivity index (χ1n) is 7.90. The zero-order chi connectivity index (χ0) is 20.3. The average molecular weight is 439 g/mol. The summed E-state index contributed by atoms with van der Waals surface area (Å²) >= 11 is 11.8. The van der Waals surface area contributed by atoms with Crippen molar-refractivity contribution < 1.29 is 17.6 Å². The summed E-state index contributed by atoms with van der Waals surface area (Å²) in [5.74, 6) is -1.52. The van der Waals surface area contributed by atoms with Crippen molar-refractivity contribution in [3.8, 4) is 0 Å². The third-order valence-electron chi connectivity index (χ3n) is 3.69. The minimum atomic E-state index is -4.04. The van der Waals surface area contributed by atoms with Crippen molar-refractivity contribution in [3.05, 3.63) is 88.2 Å². The number of halogens is 3. The molecule has 2 N–H and O–H groups in total. The van der Waals surface area contributed by atoms with Crippen LogP contribution >= 0.6 is 23.2 Å². The lowest BCUT2D eigenvalue weighted by molar-refractivity contribution is 0.102. The van der Waals surface area contributed by atoms with Gasteiger partial charge in [0.2, 0.25) is 0 Å². The van der Waals surface area contributed by atoms with Gasteiger partial charge in [-0.3, -0.25) is 9.52 Å². The quantitative estimate of drug-likeness (QED) is 0.575. The molecule has 0 aromatic heterocycles. The predicted octanol–water partition coefficient (Wildman–Crippen LogP) is 5.19. The molecule has 1 amide bonds. The molecule has 0 saturated carbocycles. The van der Waals surface area contributed by atoms with E-state index in [0.717, 1.165) is 12.1 Å². The van der Waals surface area contributed by atoms with Crippen molar-refractivity contribution in [2.45, 2.75) is 4.90 Å². The summed E-state index contributed by atoms with van der Waals surface area (Å²) in [6.45, 7) is 0. The van der Waals surface area contributed by atoms with Crippen LogP contribution in [-0.2, 0) is 10.0 Å². The number of carbonyl (C=O) groups is 1. The molecule has 3 aromatic carbocycles. The minimum absolute atomic E-state index is 0.169. The number of sulfonamides is 1. The third kappa shape index (κ3) is 4.62. The fourth-order valence-electron chi connectivity index (χ4n) is 2.37. The van der Waals surface area contributed by atoms with E-state index in [2.05, 4.69) is 10.0 Å². The Labute approximate surface area is 171 Å². The normalized spacial score (nSPS) is 11.1. The van der Waals surface area contributed by atoms with Crippen molar-refractivity contribution in [3.63, 3.8) is 0 Å². The molecule has 0 unspecified atom stereocenters. The van der Waals surface area contributed by atoms with Crippen LogP contribution in [0.5, 0.6) is 0 Å². The number of hydrogen-bond acceptors (Lipinski definition) is 3. The van der Waals surface area contributed by atoms with Crippen LogP contribution in [0.25, 0.3) is 0 Å². The smallest absolute Gasteiger partial charge is 0.261 e. The summed E-state index contributed by atoms with van der Waals surface area (Å²) in [7, 11) is -4.04. The first-order chi connectivity index (χ1) is 13.3. The Bertz CT molecular complexity index is 1150. The number of nitrogens with one attached hydrogen (secondary N) is 2. The summed E-state index contributed by atoms with van der Waals surface area (Å²) in [4.78, 5) is 11.9. The van der Waals surface area contributed by atoms with Gasteiger partial charge in [0.15, 0.2) is 0 Å². The third-order valence-corrected chi connectivity index (χ3v) is 5.64. The molecular formula is C19H13Cl2FN2O3S. The van der Waals surface area contributed by atoms with Gasteiger partial charge in [-0.25, -0.2) is 12.8 Å². The average Bonchev–Trinajstić information content (AvgIpc) is 2.63. The highest BCUT2D eigenvalue weighted by Crippen LogP contribution is 2.24. The number of carbonyl (C=O) groups excluding carboxylic acids is 1. The van der Waals surface area contributed by atoms with Gasteiger partial charge < -0.3 is 5.32 Å². The second-order valence-electron chi connectivity index (χ2n) is 5.69. The molecule has 0 bridgehead atoms. The van der Waals surface area contributed by atoms with Crippen LogP contribution in [0, 0.1) is 5.82 Å². The van der Waals surface area contributed by atoms with Crippen molar-refractivity contribution >= 4 is 50.5 Å². The maximum absolute atomic E-state index is 14.4. The molecule has 3 aromatic rings.